The molecule has 0 aliphatic rings. The first-order chi connectivity index (χ1) is 9.25. The van der Waals surface area contributed by atoms with Crippen LogP contribution in [-0.2, 0) is 9.53 Å². The topological polar surface area (TPSA) is 101 Å². The van der Waals surface area contributed by atoms with Crippen molar-refractivity contribution in [2.45, 2.75) is 20.0 Å². The standard InChI is InChI=1S/C14H14O6/c1-7(2)14(19)20-8(3)9-5-4-6-10(12(15)16)11(9)13(17)18/h4-6,8H,1H2,2-3H3,(H,15,16)(H,17,18). The second kappa shape index (κ2) is 6.01. The molecule has 0 saturated heterocycles. The number of carbonyl (C=O) groups is 3. The molecule has 0 aliphatic heterocycles. The van der Waals surface area contributed by atoms with E-state index in [1.807, 2.05) is 0 Å². The SMILES string of the molecule is C=C(C)C(=O)OC(C)c1cccc(C(=O)O)c1C(=O)O. The highest BCUT2D eigenvalue weighted by molar-refractivity contribution is 6.03. The number of carbonyl (C=O) groups excluding carboxylic acids is 1. The summed E-state index contributed by atoms with van der Waals surface area (Å²) in [5.74, 6) is -3.42. The summed E-state index contributed by atoms with van der Waals surface area (Å²) in [6.45, 7) is 6.35. The van der Waals surface area contributed by atoms with Crippen molar-refractivity contribution in [1.29, 1.82) is 0 Å². The highest BCUT2D eigenvalue weighted by Gasteiger charge is 2.24. The zero-order chi connectivity index (χ0) is 15.4. The molecule has 0 amide bonds. The Kier molecular flexibility index (Phi) is 4.63. The largest absolute Gasteiger partial charge is 0.478 e. The van der Waals surface area contributed by atoms with Crippen LogP contribution < -0.4 is 0 Å². The quantitative estimate of drug-likeness (QED) is 0.633. The number of aromatic carboxylic acids is 2. The highest BCUT2D eigenvalue weighted by Crippen LogP contribution is 2.25. The minimum Gasteiger partial charge on any atom is -0.478 e. The van der Waals surface area contributed by atoms with E-state index in [4.69, 9.17) is 14.9 Å². The molecule has 0 spiro atoms. The Morgan fingerprint density at radius 3 is 2.25 bits per heavy atom. The molecule has 0 heterocycles. The Morgan fingerprint density at radius 2 is 1.80 bits per heavy atom. The summed E-state index contributed by atoms with van der Waals surface area (Å²) in [5.41, 5.74) is -0.453. The number of ether oxygens (including phenoxy) is 1. The second-order valence-corrected chi connectivity index (χ2v) is 4.21. The second-order valence-electron chi connectivity index (χ2n) is 4.21. The van der Waals surface area contributed by atoms with E-state index in [2.05, 4.69) is 6.58 Å². The molecule has 0 bridgehead atoms. The molecule has 0 aliphatic carbocycles. The van der Waals surface area contributed by atoms with Crippen molar-refractivity contribution in [3.8, 4) is 0 Å². The highest BCUT2D eigenvalue weighted by atomic mass is 16.5. The summed E-state index contributed by atoms with van der Waals surface area (Å²) in [6, 6.07) is 3.99. The summed E-state index contributed by atoms with van der Waals surface area (Å²) in [7, 11) is 0. The Balaban J connectivity index is 3.27. The van der Waals surface area contributed by atoms with Crippen molar-refractivity contribution in [2.75, 3.05) is 0 Å². The lowest BCUT2D eigenvalue weighted by Crippen LogP contribution is -2.16. The third-order valence-corrected chi connectivity index (χ3v) is 2.61. The Morgan fingerprint density at radius 1 is 1.20 bits per heavy atom. The van der Waals surface area contributed by atoms with E-state index in [1.165, 1.54) is 32.0 Å². The number of hydrogen-bond acceptors (Lipinski definition) is 4. The van der Waals surface area contributed by atoms with Gasteiger partial charge in [-0.2, -0.15) is 0 Å². The third kappa shape index (κ3) is 3.23. The van der Waals surface area contributed by atoms with Gasteiger partial charge in [-0.15, -0.1) is 0 Å². The van der Waals surface area contributed by atoms with Gasteiger partial charge in [0.05, 0.1) is 11.1 Å². The molecule has 0 saturated carbocycles. The van der Waals surface area contributed by atoms with E-state index in [9.17, 15) is 14.4 Å². The van der Waals surface area contributed by atoms with E-state index in [-0.39, 0.29) is 22.3 Å². The molecule has 1 unspecified atom stereocenters. The molecular formula is C14H14O6. The molecular weight excluding hydrogens is 264 g/mol. The molecule has 1 atom stereocenters. The van der Waals surface area contributed by atoms with E-state index >= 15 is 0 Å². The van der Waals surface area contributed by atoms with Gasteiger partial charge in [0.25, 0.3) is 0 Å². The molecule has 0 radical (unpaired) electrons. The molecule has 1 rings (SSSR count). The zero-order valence-electron chi connectivity index (χ0n) is 11.0. The summed E-state index contributed by atoms with van der Waals surface area (Å²) in [6.07, 6.45) is -0.899. The predicted octanol–water partition coefficient (Wildman–Crippen LogP) is 2.26. The zero-order valence-corrected chi connectivity index (χ0v) is 11.0. The molecule has 0 fully saturated rings. The van der Waals surface area contributed by atoms with E-state index in [0.29, 0.717) is 0 Å². The number of benzene rings is 1. The lowest BCUT2D eigenvalue weighted by molar-refractivity contribution is -0.143. The Bertz CT molecular complexity index is 587. The molecule has 0 aromatic heterocycles. The predicted molar refractivity (Wildman–Crippen MR) is 69.7 cm³/mol. The number of carboxylic acids is 2. The van der Waals surface area contributed by atoms with Crippen LogP contribution in [0.15, 0.2) is 30.4 Å². The van der Waals surface area contributed by atoms with Crippen LogP contribution in [0.25, 0.3) is 0 Å². The van der Waals surface area contributed by atoms with Gasteiger partial charge in [0.1, 0.15) is 6.10 Å². The lowest BCUT2D eigenvalue weighted by Gasteiger charge is -2.17. The van der Waals surface area contributed by atoms with Crippen molar-refractivity contribution in [3.05, 3.63) is 47.0 Å². The van der Waals surface area contributed by atoms with Crippen LogP contribution in [0.2, 0.25) is 0 Å². The van der Waals surface area contributed by atoms with Gasteiger partial charge in [-0.3, -0.25) is 0 Å². The summed E-state index contributed by atoms with van der Waals surface area (Å²) >= 11 is 0. The number of esters is 1. The van der Waals surface area contributed by atoms with Crippen LogP contribution in [-0.4, -0.2) is 28.1 Å². The van der Waals surface area contributed by atoms with Crippen molar-refractivity contribution in [1.82, 2.24) is 0 Å². The van der Waals surface area contributed by atoms with Gasteiger partial charge >= 0.3 is 17.9 Å². The Labute approximate surface area is 115 Å². The fraction of sp³-hybridized carbons (Fsp3) is 0.214. The van der Waals surface area contributed by atoms with Gasteiger partial charge < -0.3 is 14.9 Å². The van der Waals surface area contributed by atoms with E-state index in [1.54, 1.807) is 0 Å². The fourth-order valence-corrected chi connectivity index (χ4v) is 1.65. The van der Waals surface area contributed by atoms with Gasteiger partial charge in [-0.25, -0.2) is 14.4 Å². The number of rotatable bonds is 5. The van der Waals surface area contributed by atoms with Crippen molar-refractivity contribution >= 4 is 17.9 Å². The van der Waals surface area contributed by atoms with Crippen LogP contribution in [0.1, 0.15) is 46.2 Å². The van der Waals surface area contributed by atoms with Gasteiger partial charge in [0.2, 0.25) is 0 Å². The summed E-state index contributed by atoms with van der Waals surface area (Å²) < 4.78 is 5.03. The lowest BCUT2D eigenvalue weighted by atomic mass is 9.97. The first-order valence-electron chi connectivity index (χ1n) is 5.71. The summed E-state index contributed by atoms with van der Waals surface area (Å²) in [4.78, 5) is 33.7. The van der Waals surface area contributed by atoms with E-state index < -0.39 is 24.0 Å². The summed E-state index contributed by atoms with van der Waals surface area (Å²) in [5, 5.41) is 18.2. The Hall–Kier alpha value is -2.63. The fourth-order valence-electron chi connectivity index (χ4n) is 1.65. The number of carboxylic acid groups (broad SMARTS) is 2. The first-order valence-corrected chi connectivity index (χ1v) is 5.71. The maximum atomic E-state index is 11.4. The average molecular weight is 278 g/mol. The molecule has 20 heavy (non-hydrogen) atoms. The van der Waals surface area contributed by atoms with Crippen LogP contribution in [0.3, 0.4) is 0 Å². The minimum atomic E-state index is -1.39. The molecule has 6 nitrogen and oxygen atoms in total. The monoisotopic (exact) mass is 278 g/mol. The number of hydrogen-bond donors (Lipinski definition) is 2. The third-order valence-electron chi connectivity index (χ3n) is 2.61. The van der Waals surface area contributed by atoms with Crippen molar-refractivity contribution < 1.29 is 29.3 Å². The van der Waals surface area contributed by atoms with Crippen LogP contribution in [0.4, 0.5) is 0 Å². The molecule has 1 aromatic carbocycles. The smallest absolute Gasteiger partial charge is 0.336 e. The van der Waals surface area contributed by atoms with E-state index in [0.717, 1.165) is 0 Å². The maximum Gasteiger partial charge on any atom is 0.336 e. The molecule has 6 heteroatoms. The van der Waals surface area contributed by atoms with Crippen LogP contribution in [0.5, 0.6) is 0 Å². The van der Waals surface area contributed by atoms with Gasteiger partial charge in [-0.1, -0.05) is 18.7 Å². The van der Waals surface area contributed by atoms with Gasteiger partial charge in [0.15, 0.2) is 0 Å². The molecule has 106 valence electrons. The van der Waals surface area contributed by atoms with Gasteiger partial charge in [0, 0.05) is 11.1 Å². The van der Waals surface area contributed by atoms with Crippen molar-refractivity contribution in [2.24, 2.45) is 0 Å². The van der Waals surface area contributed by atoms with Crippen molar-refractivity contribution in [3.63, 3.8) is 0 Å². The first kappa shape index (κ1) is 15.4. The molecule has 2 N–H and O–H groups in total. The molecule has 1 aromatic rings. The average Bonchev–Trinajstić information content (AvgIpc) is 2.37. The minimum absolute atomic E-state index is 0.118. The van der Waals surface area contributed by atoms with Crippen LogP contribution >= 0.6 is 0 Å². The maximum absolute atomic E-state index is 11.4. The van der Waals surface area contributed by atoms with Gasteiger partial charge in [-0.05, 0) is 19.9 Å². The normalized spacial score (nSPS) is 11.5. The van der Waals surface area contributed by atoms with Crippen LogP contribution in [0, 0.1) is 0 Å².